The highest BCUT2D eigenvalue weighted by atomic mass is 16.7. The largest absolute Gasteiger partial charge is 0.483 e. The van der Waals surface area contributed by atoms with Crippen LogP contribution in [0, 0.1) is 28.6 Å². The Bertz CT molecular complexity index is 1830. The van der Waals surface area contributed by atoms with Crippen LogP contribution in [-0.4, -0.2) is 46.8 Å². The van der Waals surface area contributed by atoms with Gasteiger partial charge in [0, 0.05) is 22.3 Å². The predicted molar refractivity (Wildman–Crippen MR) is 161 cm³/mol. The van der Waals surface area contributed by atoms with Crippen molar-refractivity contribution in [3.05, 3.63) is 39.7 Å². The molecule has 2 aliphatic carbocycles. The molecular weight excluding hydrogens is 596 g/mol. The minimum absolute atomic E-state index is 0.109. The molecule has 0 unspecified atom stereocenters. The van der Waals surface area contributed by atoms with Gasteiger partial charge in [0.1, 0.15) is 16.9 Å². The van der Waals surface area contributed by atoms with Gasteiger partial charge in [0.25, 0.3) is 0 Å². The third-order valence-electron chi connectivity index (χ3n) is 13.0. The Morgan fingerprint density at radius 3 is 1.74 bits per heavy atom. The molecule has 2 saturated carbocycles. The highest BCUT2D eigenvalue weighted by molar-refractivity contribution is 5.95. The minimum atomic E-state index is -1.59. The summed E-state index contributed by atoms with van der Waals surface area (Å²) in [5.41, 5.74) is -7.69. The zero-order valence-corrected chi connectivity index (χ0v) is 27.7. The average molecular weight is 637 g/mol. The maximum Gasteiger partial charge on any atom is 0.351 e. The third-order valence-corrected chi connectivity index (χ3v) is 13.0. The molecule has 4 bridgehead atoms. The topological polar surface area (TPSA) is 145 Å². The molecule has 11 nitrogen and oxygen atoms in total. The maximum atomic E-state index is 14.5. The molecule has 11 heteroatoms. The smallest absolute Gasteiger partial charge is 0.351 e. The second-order valence-corrected chi connectivity index (χ2v) is 15.8. The molecular formula is C35H40O11. The minimum Gasteiger partial charge on any atom is -0.483 e. The number of rotatable bonds is 4. The first-order valence-corrected chi connectivity index (χ1v) is 15.8. The van der Waals surface area contributed by atoms with Crippen LogP contribution in [0.1, 0.15) is 98.3 Å². The van der Waals surface area contributed by atoms with Crippen LogP contribution < -0.4 is 10.4 Å². The van der Waals surface area contributed by atoms with Gasteiger partial charge < -0.3 is 28.1 Å². The number of fused-ring (bicyclic) bond motifs is 7. The zero-order valence-electron chi connectivity index (χ0n) is 27.7. The van der Waals surface area contributed by atoms with Crippen LogP contribution in [-0.2, 0) is 38.1 Å². The Morgan fingerprint density at radius 1 is 0.739 bits per heavy atom. The normalized spacial score (nSPS) is 37.3. The number of hydrogen-bond donors (Lipinski definition) is 0. The van der Waals surface area contributed by atoms with Gasteiger partial charge in [0.2, 0.25) is 11.2 Å². The van der Waals surface area contributed by atoms with Crippen molar-refractivity contribution >= 4 is 34.8 Å². The van der Waals surface area contributed by atoms with Gasteiger partial charge in [0.05, 0.1) is 16.4 Å². The van der Waals surface area contributed by atoms with E-state index in [0.29, 0.717) is 29.5 Å². The number of benzene rings is 1. The van der Waals surface area contributed by atoms with Crippen LogP contribution in [0.2, 0.25) is 0 Å². The second-order valence-electron chi connectivity index (χ2n) is 15.8. The van der Waals surface area contributed by atoms with Crippen LogP contribution in [0.3, 0.4) is 0 Å². The van der Waals surface area contributed by atoms with Crippen LogP contribution in [0.5, 0.6) is 5.75 Å². The van der Waals surface area contributed by atoms with Crippen molar-refractivity contribution in [3.8, 4) is 5.75 Å². The number of aryl methyl sites for hydroxylation is 1. The third kappa shape index (κ3) is 3.31. The fourth-order valence-electron chi connectivity index (χ4n) is 8.75. The number of hydrogen-bond acceptors (Lipinski definition) is 11. The predicted octanol–water partition coefficient (Wildman–Crippen LogP) is 5.01. The summed E-state index contributed by atoms with van der Waals surface area (Å²) >= 11 is 0. The molecule has 4 heterocycles. The monoisotopic (exact) mass is 636 g/mol. The summed E-state index contributed by atoms with van der Waals surface area (Å²) in [6.07, 6.45) is -1.27. The second kappa shape index (κ2) is 8.72. The van der Waals surface area contributed by atoms with E-state index in [2.05, 4.69) is 0 Å². The molecule has 0 N–H and O–H groups in total. The molecule has 0 spiro atoms. The number of esters is 4. The molecule has 2 aromatic rings. The van der Waals surface area contributed by atoms with E-state index in [1.165, 1.54) is 6.07 Å². The first-order valence-electron chi connectivity index (χ1n) is 15.8. The molecule has 1 aromatic carbocycles. The number of carbonyl (C=O) groups excluding carboxylic acids is 4. The van der Waals surface area contributed by atoms with Gasteiger partial charge in [-0.1, -0.05) is 27.7 Å². The van der Waals surface area contributed by atoms with E-state index in [-0.39, 0.29) is 24.0 Å². The molecule has 4 fully saturated rings. The van der Waals surface area contributed by atoms with E-state index in [4.69, 9.17) is 28.1 Å². The molecule has 246 valence electrons. The summed E-state index contributed by atoms with van der Waals surface area (Å²) < 4.78 is 36.6. The van der Waals surface area contributed by atoms with E-state index in [1.54, 1.807) is 39.8 Å². The van der Waals surface area contributed by atoms with Crippen LogP contribution in [0.15, 0.2) is 27.4 Å². The summed E-state index contributed by atoms with van der Waals surface area (Å²) in [5, 5.41) is 0.542. The fraction of sp³-hybridized carbons (Fsp3) is 0.629. The van der Waals surface area contributed by atoms with E-state index in [9.17, 15) is 24.0 Å². The van der Waals surface area contributed by atoms with Crippen molar-refractivity contribution in [2.75, 3.05) is 0 Å². The number of ether oxygens (including phenoxy) is 5. The van der Waals surface area contributed by atoms with Gasteiger partial charge in [-0.15, -0.1) is 0 Å². The van der Waals surface area contributed by atoms with Gasteiger partial charge in [-0.2, -0.15) is 0 Å². The molecule has 0 radical (unpaired) electrons. The molecule has 3 aliphatic heterocycles. The van der Waals surface area contributed by atoms with Crippen LogP contribution >= 0.6 is 0 Å². The summed E-state index contributed by atoms with van der Waals surface area (Å²) in [7, 11) is 0. The lowest BCUT2D eigenvalue weighted by Gasteiger charge is -2.46. The molecule has 5 aliphatic rings. The standard InChI is InChI=1S/C35H40O11/c1-17-16-18-10-11-19(36)41-22(18)20-21(17)44-29(2,3)24(43-28(40)35-15-13-33(9,26(38)46-35)31(35,6)7)23(20)42-27(39)34-14-12-32(8,25(37)45-34)30(34,4)5/h10-11,16,23-24H,12-15H2,1-9H3/t23-,24-,32-,33-,34-,35-/m1/s1. The van der Waals surface area contributed by atoms with E-state index in [0.717, 1.165) is 0 Å². The maximum absolute atomic E-state index is 14.5. The highest BCUT2D eigenvalue weighted by Crippen LogP contribution is 2.67. The van der Waals surface area contributed by atoms with E-state index < -0.39 is 80.2 Å². The molecule has 1 aromatic heterocycles. The molecule has 0 amide bonds. The van der Waals surface area contributed by atoms with E-state index in [1.807, 2.05) is 34.6 Å². The molecule has 2 saturated heterocycles. The Morgan fingerprint density at radius 2 is 1.26 bits per heavy atom. The zero-order chi connectivity index (χ0) is 33.6. The average Bonchev–Trinajstić information content (AvgIpc) is 3.43. The summed E-state index contributed by atoms with van der Waals surface area (Å²) in [6.45, 7) is 16.1. The quantitative estimate of drug-likeness (QED) is 0.254. The van der Waals surface area contributed by atoms with Crippen molar-refractivity contribution in [2.45, 2.75) is 117 Å². The van der Waals surface area contributed by atoms with Gasteiger partial charge in [-0.25, -0.2) is 14.4 Å². The summed E-state index contributed by atoms with van der Waals surface area (Å²) in [4.78, 5) is 67.4. The SMILES string of the molecule is Cc1cc2ccc(=O)oc2c2c1OC(C)(C)[C@H](OC(=O)[C@@]13CC[C@](C)(C(=O)O1)C3(C)C)[C@@H]2OC(=O)[C@@]12CC[C@](C)(C(=O)O1)C2(C)C. The van der Waals surface area contributed by atoms with Gasteiger partial charge >= 0.3 is 29.5 Å². The summed E-state index contributed by atoms with van der Waals surface area (Å²) in [5.74, 6) is -2.21. The number of carbonyl (C=O) groups is 4. The Hall–Kier alpha value is -3.89. The first kappa shape index (κ1) is 30.7. The van der Waals surface area contributed by atoms with Crippen molar-refractivity contribution < 1.29 is 47.3 Å². The first-order chi connectivity index (χ1) is 21.2. The van der Waals surface area contributed by atoms with Crippen molar-refractivity contribution in [3.63, 3.8) is 0 Å². The van der Waals surface area contributed by atoms with Gasteiger partial charge in [-0.05, 0) is 78.0 Å². The Kier molecular flexibility index (Phi) is 5.83. The summed E-state index contributed by atoms with van der Waals surface area (Å²) in [6, 6.07) is 4.67. The lowest BCUT2D eigenvalue weighted by Crippen LogP contribution is -2.58. The fourth-order valence-corrected chi connectivity index (χ4v) is 8.75. The molecule has 7 rings (SSSR count). The van der Waals surface area contributed by atoms with Crippen LogP contribution in [0.25, 0.3) is 11.0 Å². The Labute approximate surface area is 266 Å². The highest BCUT2D eigenvalue weighted by Gasteiger charge is 2.78. The van der Waals surface area contributed by atoms with Crippen molar-refractivity contribution in [1.29, 1.82) is 0 Å². The van der Waals surface area contributed by atoms with Crippen LogP contribution in [0.4, 0.5) is 0 Å². The lowest BCUT2D eigenvalue weighted by molar-refractivity contribution is -0.217. The lowest BCUT2D eigenvalue weighted by atomic mass is 9.66. The van der Waals surface area contributed by atoms with Crippen molar-refractivity contribution in [2.24, 2.45) is 21.7 Å². The van der Waals surface area contributed by atoms with Gasteiger partial charge in [0.15, 0.2) is 12.2 Å². The Balaban J connectivity index is 1.38. The molecule has 46 heavy (non-hydrogen) atoms. The van der Waals surface area contributed by atoms with Crippen molar-refractivity contribution in [1.82, 2.24) is 0 Å². The van der Waals surface area contributed by atoms with Gasteiger partial charge in [-0.3, -0.25) is 9.59 Å². The molecule has 6 atom stereocenters. The van der Waals surface area contributed by atoms with E-state index >= 15 is 0 Å².